The minimum Gasteiger partial charge on any atom is -0.328 e. The molecule has 12 heteroatoms. The first kappa shape index (κ1) is 16.9. The van der Waals surface area contributed by atoms with Crippen molar-refractivity contribution in [1.82, 2.24) is 15.4 Å². The highest BCUT2D eigenvalue weighted by atomic mass is 32.3. The zero-order valence-electron chi connectivity index (χ0n) is 11.9. The second kappa shape index (κ2) is 6.75. The lowest BCUT2D eigenvalue weighted by molar-refractivity contribution is -0.138. The van der Waals surface area contributed by atoms with E-state index in [1.807, 2.05) is 0 Å². The number of nitrogens with zero attached hydrogens (tertiary/aromatic N) is 2. The maximum absolute atomic E-state index is 12.2. The van der Waals surface area contributed by atoms with Crippen LogP contribution in [0.15, 0.2) is 0 Å². The Hall–Kier alpha value is -1.47. The summed E-state index contributed by atoms with van der Waals surface area (Å²) in [6.07, 6.45) is 0.775. The average Bonchev–Trinajstić information content (AvgIpc) is 2.72. The molecule has 0 aliphatic carbocycles. The third kappa shape index (κ3) is 3.47. The molecular formula is C10H18N4O7S. The number of hydroxylamine groups is 3. The predicted molar refractivity (Wildman–Crippen MR) is 70.9 cm³/mol. The van der Waals surface area contributed by atoms with Gasteiger partial charge in [0, 0.05) is 13.1 Å². The van der Waals surface area contributed by atoms with Crippen molar-refractivity contribution in [1.29, 1.82) is 0 Å². The van der Waals surface area contributed by atoms with Crippen molar-refractivity contribution in [3.63, 3.8) is 0 Å². The highest BCUT2D eigenvalue weighted by Gasteiger charge is 2.49. The van der Waals surface area contributed by atoms with E-state index in [1.54, 1.807) is 0 Å². The van der Waals surface area contributed by atoms with Crippen LogP contribution in [0.3, 0.4) is 0 Å². The van der Waals surface area contributed by atoms with Gasteiger partial charge in [-0.1, -0.05) is 0 Å². The van der Waals surface area contributed by atoms with E-state index < -0.39 is 34.4 Å². The first-order chi connectivity index (χ1) is 10.4. The molecule has 0 unspecified atom stereocenters. The molecule has 11 nitrogen and oxygen atoms in total. The van der Waals surface area contributed by atoms with Gasteiger partial charge < -0.3 is 10.6 Å². The van der Waals surface area contributed by atoms with E-state index in [1.165, 1.54) is 4.90 Å². The number of nitrogens with one attached hydrogen (secondary N) is 1. The van der Waals surface area contributed by atoms with Crippen molar-refractivity contribution < 1.29 is 31.3 Å². The lowest BCUT2D eigenvalue weighted by Crippen LogP contribution is -2.49. The Balaban J connectivity index is 2.02. The van der Waals surface area contributed by atoms with E-state index in [2.05, 4.69) is 13.9 Å². The molecule has 2 bridgehead atoms. The maximum Gasteiger partial charge on any atom is 0.420 e. The molecule has 2 atom stereocenters. The van der Waals surface area contributed by atoms with Gasteiger partial charge in [0.05, 0.1) is 19.8 Å². The molecule has 0 saturated carbocycles. The summed E-state index contributed by atoms with van der Waals surface area (Å²) < 4.78 is 31.4. The molecule has 2 rings (SSSR count). The van der Waals surface area contributed by atoms with Gasteiger partial charge in [0.1, 0.15) is 6.04 Å². The first-order valence-corrected chi connectivity index (χ1v) is 7.94. The van der Waals surface area contributed by atoms with E-state index >= 15 is 0 Å². The monoisotopic (exact) mass is 338 g/mol. The molecule has 0 aromatic rings. The van der Waals surface area contributed by atoms with Crippen LogP contribution in [0.2, 0.25) is 0 Å². The number of carbonyl (C=O) groups excluding carboxylic acids is 2. The number of hydrogen-bond acceptors (Lipinski definition) is 8. The molecule has 3 amide bonds. The standard InChI is InChI=1S/C10H18N4O7S/c1-19-22(17,18)21-14-7-2-3-8(13(6-7)10(14)16)9(15)12-20-5-4-11/h7-8H,2-6,11H2,1H3,(H,12,15)/t7-,8+/m1/s1. The van der Waals surface area contributed by atoms with Crippen LogP contribution in [-0.2, 0) is 28.5 Å². The van der Waals surface area contributed by atoms with Crippen LogP contribution < -0.4 is 11.2 Å². The second-order valence-electron chi connectivity index (χ2n) is 4.76. The molecule has 2 saturated heterocycles. The van der Waals surface area contributed by atoms with E-state index in [0.29, 0.717) is 12.8 Å². The number of carbonyl (C=O) groups is 2. The molecule has 2 heterocycles. The SMILES string of the molecule is COS(=O)(=O)ON1C(=O)N2C[C@H]1CC[C@H]2C(=O)NOCCN. The van der Waals surface area contributed by atoms with Crippen molar-refractivity contribution in [2.45, 2.75) is 24.9 Å². The smallest absolute Gasteiger partial charge is 0.328 e. The van der Waals surface area contributed by atoms with Crippen molar-refractivity contribution in [2.24, 2.45) is 5.73 Å². The molecule has 0 radical (unpaired) electrons. The molecule has 0 spiro atoms. The average molecular weight is 338 g/mol. The molecule has 2 aliphatic rings. The second-order valence-corrected chi connectivity index (χ2v) is 6.06. The fourth-order valence-corrected chi connectivity index (χ4v) is 2.82. The van der Waals surface area contributed by atoms with Crippen molar-refractivity contribution in [3.8, 4) is 0 Å². The van der Waals surface area contributed by atoms with Gasteiger partial charge in [-0.2, -0.15) is 13.5 Å². The first-order valence-electron chi connectivity index (χ1n) is 6.61. The van der Waals surface area contributed by atoms with Gasteiger partial charge in [-0.3, -0.25) is 13.8 Å². The Kier molecular flexibility index (Phi) is 5.18. The Bertz CT molecular complexity index is 539. The maximum atomic E-state index is 12.2. The highest BCUT2D eigenvalue weighted by molar-refractivity contribution is 7.81. The number of hydrogen-bond donors (Lipinski definition) is 2. The van der Waals surface area contributed by atoms with Crippen LogP contribution in [0.5, 0.6) is 0 Å². The molecular weight excluding hydrogens is 320 g/mol. The molecule has 2 aliphatic heterocycles. The predicted octanol–water partition coefficient (Wildman–Crippen LogP) is -1.92. The normalized spacial score (nSPS) is 24.7. The van der Waals surface area contributed by atoms with Crippen LogP contribution in [0.25, 0.3) is 0 Å². The third-order valence-electron chi connectivity index (χ3n) is 3.39. The summed E-state index contributed by atoms with van der Waals surface area (Å²) in [7, 11) is -3.37. The zero-order valence-corrected chi connectivity index (χ0v) is 12.7. The molecule has 0 aromatic carbocycles. The number of fused-ring (bicyclic) bond motifs is 2. The molecule has 3 N–H and O–H groups in total. The lowest BCUT2D eigenvalue weighted by Gasteiger charge is -2.28. The minimum atomic E-state index is -4.29. The summed E-state index contributed by atoms with van der Waals surface area (Å²) in [5.41, 5.74) is 7.45. The quantitative estimate of drug-likeness (QED) is 0.404. The lowest BCUT2D eigenvalue weighted by atomic mass is 10.0. The van der Waals surface area contributed by atoms with E-state index in [-0.39, 0.29) is 19.7 Å². The van der Waals surface area contributed by atoms with E-state index in [0.717, 1.165) is 12.2 Å². The van der Waals surface area contributed by atoms with Crippen LogP contribution in [-0.4, -0.2) is 69.2 Å². The van der Waals surface area contributed by atoms with Gasteiger partial charge in [-0.25, -0.2) is 10.3 Å². The summed E-state index contributed by atoms with van der Waals surface area (Å²) in [4.78, 5) is 30.3. The van der Waals surface area contributed by atoms with Crippen LogP contribution in [0.4, 0.5) is 4.79 Å². The Morgan fingerprint density at radius 2 is 2.18 bits per heavy atom. The van der Waals surface area contributed by atoms with Crippen molar-refractivity contribution in [3.05, 3.63) is 0 Å². The van der Waals surface area contributed by atoms with Gasteiger partial charge in [0.25, 0.3) is 5.91 Å². The summed E-state index contributed by atoms with van der Waals surface area (Å²) in [6, 6.07) is -1.91. The third-order valence-corrected chi connectivity index (χ3v) is 4.15. The molecule has 0 aromatic heterocycles. The number of piperidine rings is 1. The molecule has 2 fully saturated rings. The Morgan fingerprint density at radius 3 is 2.82 bits per heavy atom. The van der Waals surface area contributed by atoms with Gasteiger partial charge in [0.15, 0.2) is 0 Å². The zero-order chi connectivity index (χ0) is 16.3. The number of urea groups is 1. The van der Waals surface area contributed by atoms with Crippen LogP contribution >= 0.6 is 0 Å². The Labute approximate surface area is 127 Å². The van der Waals surface area contributed by atoms with Gasteiger partial charge in [-0.05, 0) is 12.8 Å². The van der Waals surface area contributed by atoms with Crippen LogP contribution in [0.1, 0.15) is 12.8 Å². The van der Waals surface area contributed by atoms with Gasteiger partial charge >= 0.3 is 16.4 Å². The number of rotatable bonds is 7. The van der Waals surface area contributed by atoms with Gasteiger partial charge in [0.2, 0.25) is 0 Å². The van der Waals surface area contributed by atoms with Crippen molar-refractivity contribution >= 4 is 22.3 Å². The molecule has 126 valence electrons. The number of amides is 3. The summed E-state index contributed by atoms with van der Waals surface area (Å²) in [5, 5.41) is 0.729. The van der Waals surface area contributed by atoms with E-state index in [4.69, 9.17) is 10.6 Å². The summed E-state index contributed by atoms with van der Waals surface area (Å²) >= 11 is 0. The van der Waals surface area contributed by atoms with E-state index in [9.17, 15) is 18.0 Å². The Morgan fingerprint density at radius 1 is 1.45 bits per heavy atom. The number of nitrogens with two attached hydrogens (primary N) is 1. The fourth-order valence-electron chi connectivity index (χ4n) is 2.38. The summed E-state index contributed by atoms with van der Waals surface area (Å²) in [6.45, 7) is 0.579. The van der Waals surface area contributed by atoms with Gasteiger partial charge in [-0.15, -0.1) is 4.28 Å². The topological polar surface area (TPSA) is 140 Å². The highest BCUT2D eigenvalue weighted by Crippen LogP contribution is 2.30. The van der Waals surface area contributed by atoms with Crippen molar-refractivity contribution in [2.75, 3.05) is 26.8 Å². The summed E-state index contributed by atoms with van der Waals surface area (Å²) in [5.74, 6) is -0.489. The largest absolute Gasteiger partial charge is 0.420 e. The molecule has 22 heavy (non-hydrogen) atoms. The minimum absolute atomic E-state index is 0.149. The van der Waals surface area contributed by atoms with Crippen LogP contribution in [0, 0.1) is 0 Å². The fraction of sp³-hybridized carbons (Fsp3) is 0.800.